The Balaban J connectivity index is 3.17. The second-order valence-electron chi connectivity index (χ2n) is 4.47. The molecule has 0 atom stereocenters. The lowest BCUT2D eigenvalue weighted by Gasteiger charge is -2.17. The number of nitrogens with zero attached hydrogens (tertiary/aromatic N) is 2. The Morgan fingerprint density at radius 1 is 1.50 bits per heavy atom. The van der Waals surface area contributed by atoms with Gasteiger partial charge in [0.05, 0.1) is 11.0 Å². The van der Waals surface area contributed by atoms with Crippen molar-refractivity contribution >= 4 is 11.6 Å². The average Bonchev–Trinajstić information content (AvgIpc) is 2.28. The van der Waals surface area contributed by atoms with E-state index in [4.69, 9.17) is 5.26 Å². The van der Waals surface area contributed by atoms with Crippen LogP contribution in [0.4, 0.5) is 5.69 Å². The van der Waals surface area contributed by atoms with E-state index in [1.54, 1.807) is 13.0 Å². The maximum absolute atomic E-state index is 11.9. The molecule has 0 unspecified atom stereocenters. The number of amides is 1. The first-order chi connectivity index (χ1) is 8.26. The van der Waals surface area contributed by atoms with Gasteiger partial charge in [0, 0.05) is 6.07 Å². The van der Waals surface area contributed by atoms with Crippen LogP contribution >= 0.6 is 0 Å². The van der Waals surface area contributed by atoms with E-state index < -0.39 is 16.4 Å². The van der Waals surface area contributed by atoms with Crippen LogP contribution in [0.3, 0.4) is 0 Å². The highest BCUT2D eigenvalue weighted by atomic mass is 16.6. The second kappa shape index (κ2) is 4.84. The number of nitro groups is 1. The van der Waals surface area contributed by atoms with Crippen LogP contribution in [-0.4, -0.2) is 16.4 Å². The third-order valence-corrected chi connectivity index (χ3v) is 2.30. The number of aryl methyl sites for hydroxylation is 1. The molecule has 0 spiro atoms. The number of rotatable bonds is 3. The number of hydrogen-bond acceptors (Lipinski definition) is 4. The number of carbonyl (C=O) groups excluding carboxylic acids is 1. The van der Waals surface area contributed by atoms with Crippen molar-refractivity contribution in [2.24, 2.45) is 0 Å². The number of nitrogens with one attached hydrogen (secondary N) is 1. The van der Waals surface area contributed by atoms with Gasteiger partial charge in [0.25, 0.3) is 11.6 Å². The summed E-state index contributed by atoms with van der Waals surface area (Å²) in [5, 5.41) is 22.1. The van der Waals surface area contributed by atoms with Gasteiger partial charge in [-0.2, -0.15) is 5.26 Å². The van der Waals surface area contributed by atoms with Crippen LogP contribution in [0.25, 0.3) is 0 Å². The summed E-state index contributed by atoms with van der Waals surface area (Å²) < 4.78 is 0. The van der Waals surface area contributed by atoms with E-state index in [0.717, 1.165) is 5.56 Å². The van der Waals surface area contributed by atoms with Crippen molar-refractivity contribution in [2.45, 2.75) is 26.3 Å². The lowest BCUT2D eigenvalue weighted by Crippen LogP contribution is -2.42. The summed E-state index contributed by atoms with van der Waals surface area (Å²) in [5.41, 5.74) is -0.648. The number of benzene rings is 1. The molecule has 1 N–H and O–H groups in total. The highest BCUT2D eigenvalue weighted by molar-refractivity contribution is 5.98. The topological polar surface area (TPSA) is 96.0 Å². The smallest absolute Gasteiger partial charge is 0.282 e. The Labute approximate surface area is 104 Å². The minimum Gasteiger partial charge on any atom is -0.334 e. The first kappa shape index (κ1) is 13.6. The van der Waals surface area contributed by atoms with E-state index in [0.29, 0.717) is 0 Å². The van der Waals surface area contributed by atoms with Gasteiger partial charge in [-0.05, 0) is 32.4 Å². The second-order valence-corrected chi connectivity index (χ2v) is 4.47. The van der Waals surface area contributed by atoms with Crippen molar-refractivity contribution in [3.05, 3.63) is 39.4 Å². The fourth-order valence-electron chi connectivity index (χ4n) is 1.37. The van der Waals surface area contributed by atoms with Crippen LogP contribution in [0, 0.1) is 28.4 Å². The number of hydrogen-bond donors (Lipinski definition) is 1. The van der Waals surface area contributed by atoms with E-state index in [-0.39, 0.29) is 11.3 Å². The zero-order valence-electron chi connectivity index (χ0n) is 10.4. The van der Waals surface area contributed by atoms with Gasteiger partial charge >= 0.3 is 0 Å². The Bertz CT molecular complexity index is 544. The molecule has 0 saturated carbocycles. The summed E-state index contributed by atoms with van der Waals surface area (Å²) in [6, 6.07) is 6.18. The van der Waals surface area contributed by atoms with Gasteiger partial charge < -0.3 is 5.32 Å². The van der Waals surface area contributed by atoms with Crippen LogP contribution in [0.2, 0.25) is 0 Å². The van der Waals surface area contributed by atoms with Crippen molar-refractivity contribution in [1.82, 2.24) is 5.32 Å². The molecule has 0 aliphatic carbocycles. The zero-order chi connectivity index (χ0) is 13.9. The molecule has 0 heterocycles. The highest BCUT2D eigenvalue weighted by Crippen LogP contribution is 2.20. The van der Waals surface area contributed by atoms with Gasteiger partial charge in [-0.25, -0.2) is 0 Å². The van der Waals surface area contributed by atoms with E-state index in [1.807, 2.05) is 6.07 Å². The first-order valence-corrected chi connectivity index (χ1v) is 5.25. The predicted molar refractivity (Wildman–Crippen MR) is 65.0 cm³/mol. The molecular formula is C12H13N3O3. The first-order valence-electron chi connectivity index (χ1n) is 5.25. The van der Waals surface area contributed by atoms with E-state index in [9.17, 15) is 14.9 Å². The van der Waals surface area contributed by atoms with E-state index in [2.05, 4.69) is 5.32 Å². The summed E-state index contributed by atoms with van der Waals surface area (Å²) in [4.78, 5) is 22.1. The molecule has 6 nitrogen and oxygen atoms in total. The fourth-order valence-corrected chi connectivity index (χ4v) is 1.37. The third-order valence-electron chi connectivity index (χ3n) is 2.30. The van der Waals surface area contributed by atoms with Crippen molar-refractivity contribution in [1.29, 1.82) is 5.26 Å². The summed E-state index contributed by atoms with van der Waals surface area (Å²) >= 11 is 0. The lowest BCUT2D eigenvalue weighted by molar-refractivity contribution is -0.385. The lowest BCUT2D eigenvalue weighted by atomic mass is 10.0. The van der Waals surface area contributed by atoms with Gasteiger partial charge in [-0.15, -0.1) is 0 Å². The molecule has 0 radical (unpaired) electrons. The van der Waals surface area contributed by atoms with Gasteiger partial charge in [0.15, 0.2) is 0 Å². The van der Waals surface area contributed by atoms with Gasteiger partial charge in [0.1, 0.15) is 11.1 Å². The van der Waals surface area contributed by atoms with Gasteiger partial charge in [0.2, 0.25) is 0 Å². The maximum Gasteiger partial charge on any atom is 0.282 e. The fraction of sp³-hybridized carbons (Fsp3) is 0.333. The monoisotopic (exact) mass is 247 g/mol. The normalized spacial score (nSPS) is 10.6. The van der Waals surface area contributed by atoms with Crippen LogP contribution in [0.1, 0.15) is 29.8 Å². The maximum atomic E-state index is 11.9. The minimum atomic E-state index is -1.07. The third kappa shape index (κ3) is 3.04. The summed E-state index contributed by atoms with van der Waals surface area (Å²) in [7, 11) is 0. The molecular weight excluding hydrogens is 234 g/mol. The molecule has 0 aliphatic rings. The molecule has 1 aromatic carbocycles. The van der Waals surface area contributed by atoms with Crippen molar-refractivity contribution in [3.63, 3.8) is 0 Å². The minimum absolute atomic E-state index is 0.0386. The molecule has 0 bridgehead atoms. The SMILES string of the molecule is Cc1ccc([N+](=O)[O-])c(C(=O)NC(C)(C)C#N)c1. The highest BCUT2D eigenvalue weighted by Gasteiger charge is 2.25. The zero-order valence-corrected chi connectivity index (χ0v) is 10.4. The van der Waals surface area contributed by atoms with Gasteiger partial charge in [-0.1, -0.05) is 6.07 Å². The molecule has 1 aromatic rings. The molecule has 18 heavy (non-hydrogen) atoms. The molecule has 0 aliphatic heterocycles. The predicted octanol–water partition coefficient (Wildman–Crippen LogP) is 1.94. The van der Waals surface area contributed by atoms with E-state index >= 15 is 0 Å². The molecule has 1 rings (SSSR count). The Morgan fingerprint density at radius 3 is 2.61 bits per heavy atom. The Kier molecular flexibility index (Phi) is 3.67. The van der Waals surface area contributed by atoms with Crippen LogP contribution < -0.4 is 5.32 Å². The van der Waals surface area contributed by atoms with Gasteiger partial charge in [-0.3, -0.25) is 14.9 Å². The van der Waals surface area contributed by atoms with E-state index in [1.165, 1.54) is 26.0 Å². The quantitative estimate of drug-likeness (QED) is 0.652. The van der Waals surface area contributed by atoms with Crippen molar-refractivity contribution in [2.75, 3.05) is 0 Å². The average molecular weight is 247 g/mol. The number of nitro benzene ring substituents is 1. The molecule has 0 fully saturated rings. The van der Waals surface area contributed by atoms with Crippen LogP contribution in [0.5, 0.6) is 0 Å². The standard InChI is InChI=1S/C12H13N3O3/c1-8-4-5-10(15(17)18)9(6-8)11(16)14-12(2,3)7-13/h4-6H,1-3H3,(H,14,16). The molecule has 94 valence electrons. The van der Waals surface area contributed by atoms with Crippen LogP contribution in [-0.2, 0) is 0 Å². The molecule has 1 amide bonds. The molecule has 0 aromatic heterocycles. The van der Waals surface area contributed by atoms with Crippen molar-refractivity contribution in [3.8, 4) is 6.07 Å². The number of carbonyl (C=O) groups is 1. The Morgan fingerprint density at radius 2 is 2.11 bits per heavy atom. The number of nitriles is 1. The summed E-state index contributed by atoms with van der Waals surface area (Å²) in [6.45, 7) is 4.77. The molecule has 0 saturated heterocycles. The largest absolute Gasteiger partial charge is 0.334 e. The van der Waals surface area contributed by atoms with Crippen molar-refractivity contribution < 1.29 is 9.72 Å². The summed E-state index contributed by atoms with van der Waals surface area (Å²) in [6.07, 6.45) is 0. The van der Waals surface area contributed by atoms with Crippen LogP contribution in [0.15, 0.2) is 18.2 Å². The molecule has 6 heteroatoms. The summed E-state index contributed by atoms with van der Waals surface area (Å²) in [5.74, 6) is -0.628. The Hall–Kier alpha value is -2.42.